The molecule has 0 saturated carbocycles. The van der Waals surface area contributed by atoms with Crippen LogP contribution in [0, 0.1) is 5.92 Å². The van der Waals surface area contributed by atoms with E-state index in [-0.39, 0.29) is 18.4 Å². The fourth-order valence-corrected chi connectivity index (χ4v) is 4.08. The monoisotopic (exact) mass is 408 g/mol. The molecule has 1 aromatic heterocycles. The topological polar surface area (TPSA) is 106 Å². The van der Waals surface area contributed by atoms with Crippen molar-refractivity contribution in [2.75, 3.05) is 33.5 Å². The zero-order valence-corrected chi connectivity index (χ0v) is 17.0. The summed E-state index contributed by atoms with van der Waals surface area (Å²) in [5.41, 5.74) is 0.790. The van der Waals surface area contributed by atoms with Gasteiger partial charge in [-0.05, 0) is 37.1 Å². The molecule has 1 aromatic carbocycles. The predicted molar refractivity (Wildman–Crippen MR) is 102 cm³/mol. The first kappa shape index (κ1) is 20.3. The van der Waals surface area contributed by atoms with Crippen molar-refractivity contribution in [2.24, 2.45) is 5.92 Å². The van der Waals surface area contributed by atoms with E-state index in [9.17, 15) is 13.2 Å². The summed E-state index contributed by atoms with van der Waals surface area (Å²) in [6, 6.07) is 7.28. The molecule has 0 N–H and O–H groups in total. The Morgan fingerprint density at radius 1 is 1.29 bits per heavy atom. The van der Waals surface area contributed by atoms with E-state index in [1.807, 2.05) is 24.3 Å². The van der Waals surface area contributed by atoms with Crippen LogP contribution in [0.3, 0.4) is 0 Å². The molecule has 1 aliphatic rings. The smallest absolute Gasteiger partial charge is 0.246 e. The molecule has 1 aliphatic heterocycles. The van der Waals surface area contributed by atoms with Crippen LogP contribution in [0.1, 0.15) is 18.7 Å². The van der Waals surface area contributed by atoms with Crippen LogP contribution in [0.15, 0.2) is 28.8 Å². The number of methoxy groups -OCH3 is 1. The van der Waals surface area contributed by atoms with Crippen LogP contribution in [-0.4, -0.2) is 67.2 Å². The number of amides is 1. The van der Waals surface area contributed by atoms with E-state index >= 15 is 0 Å². The molecule has 1 fully saturated rings. The second-order valence-electron chi connectivity index (χ2n) is 6.87. The number of aromatic nitrogens is 2. The Morgan fingerprint density at radius 3 is 2.50 bits per heavy atom. The lowest BCUT2D eigenvalue weighted by atomic mass is 9.97. The Morgan fingerprint density at radius 2 is 1.93 bits per heavy atom. The van der Waals surface area contributed by atoms with Crippen LogP contribution < -0.4 is 4.74 Å². The summed E-state index contributed by atoms with van der Waals surface area (Å²) in [6.07, 6.45) is 2.21. The first-order valence-corrected chi connectivity index (χ1v) is 10.8. The highest BCUT2D eigenvalue weighted by atomic mass is 32.2. The molecule has 0 atom stereocenters. The lowest BCUT2D eigenvalue weighted by molar-refractivity contribution is -0.136. The molecule has 3 rings (SSSR count). The van der Waals surface area contributed by atoms with Crippen molar-refractivity contribution in [1.29, 1.82) is 0 Å². The van der Waals surface area contributed by atoms with Crippen molar-refractivity contribution >= 4 is 15.9 Å². The average molecular weight is 408 g/mol. The number of hydrogen-bond acceptors (Lipinski definition) is 7. The summed E-state index contributed by atoms with van der Waals surface area (Å²) in [5.74, 6) is 1.28. The van der Waals surface area contributed by atoms with Gasteiger partial charge in [0.05, 0.1) is 19.9 Å². The molecule has 2 aromatic rings. The Hall–Kier alpha value is -2.46. The number of rotatable bonds is 6. The van der Waals surface area contributed by atoms with Gasteiger partial charge in [-0.25, -0.2) is 12.7 Å². The summed E-state index contributed by atoms with van der Waals surface area (Å²) in [7, 11) is 0.0750. The van der Waals surface area contributed by atoms with Crippen molar-refractivity contribution in [1.82, 2.24) is 19.3 Å². The highest BCUT2D eigenvalue weighted by molar-refractivity contribution is 7.88. The lowest BCUT2D eigenvalue weighted by Gasteiger charge is -2.31. The Labute approximate surface area is 164 Å². The minimum Gasteiger partial charge on any atom is -0.497 e. The standard InChI is InChI=1S/C18H24N4O5S/c1-21(18(23)14-8-10-22(11-9-14)28(3,24)25)12-16-19-17(20-27-16)13-4-6-15(26-2)7-5-13/h4-7,14H,8-12H2,1-3H3. The molecule has 1 amide bonds. The molecule has 0 spiro atoms. The second kappa shape index (κ2) is 8.27. The summed E-state index contributed by atoms with van der Waals surface area (Å²) >= 11 is 0. The fraction of sp³-hybridized carbons (Fsp3) is 0.500. The van der Waals surface area contributed by atoms with E-state index in [1.165, 1.54) is 10.6 Å². The Kier molecular flexibility index (Phi) is 5.99. The van der Waals surface area contributed by atoms with Crippen molar-refractivity contribution in [3.8, 4) is 17.1 Å². The van der Waals surface area contributed by atoms with E-state index in [4.69, 9.17) is 9.26 Å². The third kappa shape index (κ3) is 4.68. The van der Waals surface area contributed by atoms with Gasteiger partial charge in [0.25, 0.3) is 0 Å². The van der Waals surface area contributed by atoms with Crippen LogP contribution in [0.5, 0.6) is 5.75 Å². The van der Waals surface area contributed by atoms with Crippen LogP contribution >= 0.6 is 0 Å². The maximum Gasteiger partial charge on any atom is 0.246 e. The largest absolute Gasteiger partial charge is 0.497 e. The SMILES string of the molecule is COc1ccc(-c2noc(CN(C)C(=O)C3CCN(S(C)(=O)=O)CC3)n2)cc1. The summed E-state index contributed by atoms with van der Waals surface area (Å²) < 4.78 is 35.0. The predicted octanol–water partition coefficient (Wildman–Crippen LogP) is 1.38. The number of sulfonamides is 1. The van der Waals surface area contributed by atoms with E-state index in [0.29, 0.717) is 37.6 Å². The van der Waals surface area contributed by atoms with E-state index < -0.39 is 10.0 Å². The summed E-state index contributed by atoms with van der Waals surface area (Å²) in [5, 5.41) is 3.97. The maximum atomic E-state index is 12.7. The van der Waals surface area contributed by atoms with Gasteiger partial charge < -0.3 is 14.2 Å². The maximum absolute atomic E-state index is 12.7. The molecule has 0 bridgehead atoms. The van der Waals surface area contributed by atoms with Gasteiger partial charge in [0.15, 0.2) is 0 Å². The zero-order chi connectivity index (χ0) is 20.3. The molecule has 1 saturated heterocycles. The van der Waals surface area contributed by atoms with Gasteiger partial charge in [0, 0.05) is 31.6 Å². The van der Waals surface area contributed by atoms with Gasteiger partial charge in [-0.1, -0.05) is 5.16 Å². The zero-order valence-electron chi connectivity index (χ0n) is 16.2. The average Bonchev–Trinajstić information content (AvgIpc) is 3.15. The van der Waals surface area contributed by atoms with E-state index in [2.05, 4.69) is 10.1 Å². The molecule has 0 aliphatic carbocycles. The lowest BCUT2D eigenvalue weighted by Crippen LogP contribution is -2.42. The van der Waals surface area contributed by atoms with Crippen molar-refractivity contribution in [3.63, 3.8) is 0 Å². The van der Waals surface area contributed by atoms with Crippen molar-refractivity contribution in [2.45, 2.75) is 19.4 Å². The number of carbonyl (C=O) groups is 1. The highest BCUT2D eigenvalue weighted by Gasteiger charge is 2.30. The third-order valence-corrected chi connectivity index (χ3v) is 6.14. The van der Waals surface area contributed by atoms with E-state index in [0.717, 1.165) is 11.3 Å². The molecule has 152 valence electrons. The summed E-state index contributed by atoms with van der Waals surface area (Å²) in [6.45, 7) is 0.935. The van der Waals surface area contributed by atoms with Gasteiger partial charge >= 0.3 is 0 Å². The molecule has 10 heteroatoms. The normalized spacial score (nSPS) is 16.1. The van der Waals surface area contributed by atoms with Crippen molar-refractivity contribution < 1.29 is 22.5 Å². The number of hydrogen-bond donors (Lipinski definition) is 0. The molecule has 2 heterocycles. The molecular weight excluding hydrogens is 384 g/mol. The van der Waals surface area contributed by atoms with Crippen LogP contribution in [0.25, 0.3) is 11.4 Å². The number of nitrogens with zero attached hydrogens (tertiary/aromatic N) is 4. The molecular formula is C18H24N4O5S. The first-order chi connectivity index (χ1) is 13.3. The number of carbonyl (C=O) groups excluding carboxylic acids is 1. The molecule has 0 radical (unpaired) electrons. The van der Waals surface area contributed by atoms with Gasteiger partial charge in [-0.2, -0.15) is 4.98 Å². The third-order valence-electron chi connectivity index (χ3n) is 4.84. The van der Waals surface area contributed by atoms with Crippen molar-refractivity contribution in [3.05, 3.63) is 30.2 Å². The minimum absolute atomic E-state index is 0.0441. The first-order valence-electron chi connectivity index (χ1n) is 8.95. The number of ether oxygens (including phenoxy) is 1. The highest BCUT2D eigenvalue weighted by Crippen LogP contribution is 2.23. The quantitative estimate of drug-likeness (QED) is 0.711. The van der Waals surface area contributed by atoms with Gasteiger partial charge in [0.1, 0.15) is 5.75 Å². The minimum atomic E-state index is -3.20. The van der Waals surface area contributed by atoms with Gasteiger partial charge in [-0.15, -0.1) is 0 Å². The second-order valence-corrected chi connectivity index (χ2v) is 8.85. The van der Waals surface area contributed by atoms with E-state index in [1.54, 1.807) is 19.1 Å². The molecule has 28 heavy (non-hydrogen) atoms. The molecule has 0 unspecified atom stereocenters. The van der Waals surface area contributed by atoms with Gasteiger partial charge in [0.2, 0.25) is 27.6 Å². The van der Waals surface area contributed by atoms with Crippen LogP contribution in [0.2, 0.25) is 0 Å². The number of piperidine rings is 1. The molecule has 9 nitrogen and oxygen atoms in total. The Balaban J connectivity index is 1.58. The Bertz CT molecular complexity index is 918. The number of benzene rings is 1. The van der Waals surface area contributed by atoms with Crippen LogP contribution in [-0.2, 0) is 21.4 Å². The summed E-state index contributed by atoms with van der Waals surface area (Å²) in [4.78, 5) is 18.6. The van der Waals surface area contributed by atoms with Gasteiger partial charge in [-0.3, -0.25) is 4.79 Å². The fourth-order valence-electron chi connectivity index (χ4n) is 3.20. The van der Waals surface area contributed by atoms with Crippen LogP contribution in [0.4, 0.5) is 0 Å².